The van der Waals surface area contributed by atoms with E-state index in [1.54, 1.807) is 0 Å². The van der Waals surface area contributed by atoms with Crippen molar-refractivity contribution >= 4 is 5.78 Å². The first-order chi connectivity index (χ1) is 10.9. The molecule has 0 radical (unpaired) electrons. The Kier molecular flexibility index (Phi) is 3.58. The van der Waals surface area contributed by atoms with Crippen LogP contribution in [-0.2, 0) is 4.79 Å². The van der Waals surface area contributed by atoms with Gasteiger partial charge < -0.3 is 5.11 Å². The molecular formula is C21H32O2. The fourth-order valence-corrected chi connectivity index (χ4v) is 7.41. The number of Topliss-reactive ketones (excluding diaryl/α,β-unsaturated/α-hetero) is 1. The van der Waals surface area contributed by atoms with Crippen molar-refractivity contribution < 1.29 is 9.90 Å². The molecule has 1 N–H and O–H groups in total. The van der Waals surface area contributed by atoms with E-state index in [4.69, 9.17) is 0 Å². The third-order valence-electron chi connectivity index (χ3n) is 8.75. The summed E-state index contributed by atoms with van der Waals surface area (Å²) in [4.78, 5) is 12.5. The third kappa shape index (κ3) is 2.06. The number of fused-ring (bicyclic) bond motifs is 5. The number of rotatable bonds is 1. The van der Waals surface area contributed by atoms with E-state index in [1.165, 1.54) is 12.8 Å². The van der Waals surface area contributed by atoms with Crippen molar-refractivity contribution in [2.45, 2.75) is 71.3 Å². The van der Waals surface area contributed by atoms with E-state index < -0.39 is 0 Å². The summed E-state index contributed by atoms with van der Waals surface area (Å²) in [6.45, 7) is 8.89. The molecule has 0 aromatic heterocycles. The maximum absolute atomic E-state index is 12.5. The molecule has 4 saturated carbocycles. The second kappa shape index (κ2) is 5.18. The van der Waals surface area contributed by atoms with Crippen molar-refractivity contribution in [1.82, 2.24) is 0 Å². The van der Waals surface area contributed by atoms with Gasteiger partial charge in [-0.3, -0.25) is 4.79 Å². The van der Waals surface area contributed by atoms with Crippen LogP contribution in [0.3, 0.4) is 0 Å². The number of aliphatic hydroxyl groups excluding tert-OH is 1. The molecule has 0 bridgehead atoms. The van der Waals surface area contributed by atoms with Crippen LogP contribution in [0.15, 0.2) is 12.7 Å². The summed E-state index contributed by atoms with van der Waals surface area (Å²) < 4.78 is 0. The average molecular weight is 316 g/mol. The summed E-state index contributed by atoms with van der Waals surface area (Å²) >= 11 is 0. The molecule has 0 heterocycles. The van der Waals surface area contributed by atoms with Crippen LogP contribution in [0.2, 0.25) is 0 Å². The second-order valence-corrected chi connectivity index (χ2v) is 9.47. The van der Waals surface area contributed by atoms with Crippen LogP contribution in [0.4, 0.5) is 0 Å². The van der Waals surface area contributed by atoms with Gasteiger partial charge in [0.05, 0.1) is 6.10 Å². The molecule has 0 aromatic carbocycles. The van der Waals surface area contributed by atoms with Crippen LogP contribution in [0.5, 0.6) is 0 Å². The van der Waals surface area contributed by atoms with E-state index >= 15 is 0 Å². The van der Waals surface area contributed by atoms with E-state index in [0.717, 1.165) is 44.4 Å². The average Bonchev–Trinajstić information content (AvgIpc) is 2.83. The van der Waals surface area contributed by atoms with Crippen LogP contribution in [-0.4, -0.2) is 17.0 Å². The maximum atomic E-state index is 12.5. The lowest BCUT2D eigenvalue weighted by Gasteiger charge is -2.62. The molecule has 2 nitrogen and oxygen atoms in total. The highest BCUT2D eigenvalue weighted by Gasteiger charge is 2.61. The Labute approximate surface area is 140 Å². The van der Waals surface area contributed by atoms with E-state index in [1.807, 2.05) is 0 Å². The van der Waals surface area contributed by atoms with Crippen molar-refractivity contribution in [1.29, 1.82) is 0 Å². The van der Waals surface area contributed by atoms with Gasteiger partial charge in [-0.2, -0.15) is 0 Å². The molecule has 128 valence electrons. The van der Waals surface area contributed by atoms with E-state index in [2.05, 4.69) is 26.5 Å². The number of allylic oxidation sites excluding steroid dienone is 1. The topological polar surface area (TPSA) is 37.3 Å². The summed E-state index contributed by atoms with van der Waals surface area (Å²) in [5.41, 5.74) is 0.304. The van der Waals surface area contributed by atoms with Gasteiger partial charge in [0, 0.05) is 11.8 Å². The zero-order valence-electron chi connectivity index (χ0n) is 14.8. The SMILES string of the molecule is C=CC1C[C@@H]2[C@H](CC[C@]3(C)C(=O)CC[C@@H]23)[C@@]2(C)CC[C@H](O)C[C@H]12. The van der Waals surface area contributed by atoms with Crippen LogP contribution < -0.4 is 0 Å². The van der Waals surface area contributed by atoms with Crippen LogP contribution in [0, 0.1) is 40.4 Å². The van der Waals surface area contributed by atoms with Gasteiger partial charge in [-0.25, -0.2) is 0 Å². The molecule has 23 heavy (non-hydrogen) atoms. The lowest BCUT2D eigenvalue weighted by Crippen LogP contribution is -2.56. The molecule has 0 aliphatic heterocycles. The van der Waals surface area contributed by atoms with Crippen LogP contribution in [0.25, 0.3) is 0 Å². The minimum atomic E-state index is -0.117. The summed E-state index contributed by atoms with van der Waals surface area (Å²) in [6, 6.07) is 0. The van der Waals surface area contributed by atoms with Gasteiger partial charge in [-0.05, 0) is 80.0 Å². The number of ketones is 1. The first-order valence-corrected chi connectivity index (χ1v) is 9.74. The van der Waals surface area contributed by atoms with Crippen molar-refractivity contribution in [3.8, 4) is 0 Å². The van der Waals surface area contributed by atoms with Crippen LogP contribution >= 0.6 is 0 Å². The molecule has 0 saturated heterocycles. The lowest BCUT2D eigenvalue weighted by atomic mass is 9.43. The Bertz CT molecular complexity index is 526. The number of hydrogen-bond donors (Lipinski definition) is 1. The Morgan fingerprint density at radius 1 is 1.09 bits per heavy atom. The molecule has 4 fully saturated rings. The van der Waals surface area contributed by atoms with Gasteiger partial charge in [0.1, 0.15) is 5.78 Å². The predicted molar refractivity (Wildman–Crippen MR) is 91.8 cm³/mol. The summed E-state index contributed by atoms with van der Waals surface area (Å²) in [6.07, 6.45) is 10.6. The van der Waals surface area contributed by atoms with Crippen molar-refractivity contribution in [3.63, 3.8) is 0 Å². The molecular weight excluding hydrogens is 284 g/mol. The van der Waals surface area contributed by atoms with Crippen LogP contribution in [0.1, 0.15) is 65.2 Å². The number of hydrogen-bond acceptors (Lipinski definition) is 2. The number of aliphatic hydroxyl groups is 1. The minimum absolute atomic E-state index is 0.0374. The second-order valence-electron chi connectivity index (χ2n) is 9.47. The Morgan fingerprint density at radius 2 is 1.87 bits per heavy atom. The Morgan fingerprint density at radius 3 is 2.61 bits per heavy atom. The first kappa shape index (κ1) is 15.9. The molecule has 0 aromatic rings. The highest BCUT2D eigenvalue weighted by molar-refractivity contribution is 5.87. The zero-order chi connectivity index (χ0) is 16.4. The minimum Gasteiger partial charge on any atom is -0.393 e. The largest absolute Gasteiger partial charge is 0.393 e. The molecule has 0 spiro atoms. The first-order valence-electron chi connectivity index (χ1n) is 9.74. The summed E-state index contributed by atoms with van der Waals surface area (Å²) in [7, 11) is 0. The molecule has 2 heteroatoms. The van der Waals surface area contributed by atoms with Gasteiger partial charge >= 0.3 is 0 Å². The van der Waals surface area contributed by atoms with Gasteiger partial charge in [-0.1, -0.05) is 19.9 Å². The fraction of sp³-hybridized carbons (Fsp3) is 0.857. The standard InChI is InChI=1S/C21H32O2/c1-4-13-11-15-16-5-6-19(23)21(16,3)10-8-17(15)20(2)9-7-14(22)12-18(13)20/h4,13-18,22H,1,5-12H2,2-3H3/t13?,14-,15-,16-,17-,18+,20+,21-/m0/s1. The van der Waals surface area contributed by atoms with Crippen molar-refractivity contribution in [2.24, 2.45) is 40.4 Å². The molecule has 4 rings (SSSR count). The van der Waals surface area contributed by atoms with E-state index in [0.29, 0.717) is 34.9 Å². The quantitative estimate of drug-likeness (QED) is 0.729. The molecule has 0 amide bonds. The lowest BCUT2D eigenvalue weighted by molar-refractivity contribution is -0.149. The van der Waals surface area contributed by atoms with Gasteiger partial charge in [0.2, 0.25) is 0 Å². The highest BCUT2D eigenvalue weighted by Crippen LogP contribution is 2.66. The van der Waals surface area contributed by atoms with Gasteiger partial charge in [0.25, 0.3) is 0 Å². The Hall–Kier alpha value is -0.630. The molecule has 4 aliphatic carbocycles. The maximum Gasteiger partial charge on any atom is 0.139 e. The summed E-state index contributed by atoms with van der Waals surface area (Å²) in [5, 5.41) is 10.2. The Balaban J connectivity index is 1.70. The van der Waals surface area contributed by atoms with Gasteiger partial charge in [0.15, 0.2) is 0 Å². The normalized spacial score (nSPS) is 55.7. The predicted octanol–water partition coefficient (Wildman–Crippen LogP) is 4.37. The number of carbonyl (C=O) groups excluding carboxylic acids is 1. The molecule has 1 unspecified atom stereocenters. The van der Waals surface area contributed by atoms with E-state index in [9.17, 15) is 9.90 Å². The van der Waals surface area contributed by atoms with Crippen molar-refractivity contribution in [3.05, 3.63) is 12.7 Å². The fourth-order valence-electron chi connectivity index (χ4n) is 7.41. The summed E-state index contributed by atoms with van der Waals surface area (Å²) in [5.74, 6) is 3.68. The smallest absolute Gasteiger partial charge is 0.139 e. The molecule has 4 aliphatic rings. The van der Waals surface area contributed by atoms with Gasteiger partial charge in [-0.15, -0.1) is 6.58 Å². The highest BCUT2D eigenvalue weighted by atomic mass is 16.3. The molecule has 8 atom stereocenters. The number of carbonyl (C=O) groups is 1. The van der Waals surface area contributed by atoms with E-state index in [-0.39, 0.29) is 11.5 Å². The third-order valence-corrected chi connectivity index (χ3v) is 8.75. The zero-order valence-corrected chi connectivity index (χ0v) is 14.8. The van der Waals surface area contributed by atoms with Crippen molar-refractivity contribution in [2.75, 3.05) is 0 Å². The monoisotopic (exact) mass is 316 g/mol.